The minimum Gasteiger partial charge on any atom is -0.193 e. The molecule has 0 aliphatic heterocycles. The van der Waals surface area contributed by atoms with Gasteiger partial charge in [-0.1, -0.05) is 48.6 Å². The number of nitriles is 1. The van der Waals surface area contributed by atoms with Gasteiger partial charge in [-0.05, 0) is 5.56 Å². The van der Waals surface area contributed by atoms with Crippen molar-refractivity contribution in [3.05, 3.63) is 66.3 Å². The van der Waals surface area contributed by atoms with Crippen LogP contribution in [0.1, 0.15) is 5.56 Å². The number of rotatable bonds is 2. The van der Waals surface area contributed by atoms with E-state index >= 15 is 0 Å². The number of hydrogen-bond acceptors (Lipinski definition) is 1. The van der Waals surface area contributed by atoms with Crippen LogP contribution in [0.2, 0.25) is 0 Å². The lowest BCUT2D eigenvalue weighted by Crippen LogP contribution is -1.66. The molecule has 0 unspecified atom stereocenters. The molecule has 0 aliphatic rings. The largest absolute Gasteiger partial charge is 0.334 e. The van der Waals surface area contributed by atoms with Crippen LogP contribution in [0.4, 0.5) is 17.6 Å². The molecule has 18 heavy (non-hydrogen) atoms. The molecule has 1 aromatic carbocycles. The molecular formula is C13H9F4N. The number of halogens is 4. The van der Waals surface area contributed by atoms with Gasteiger partial charge in [0.25, 0.3) is 0 Å². The summed E-state index contributed by atoms with van der Waals surface area (Å²) >= 11 is 0. The summed E-state index contributed by atoms with van der Waals surface area (Å²) in [7, 11) is 0. The van der Waals surface area contributed by atoms with Gasteiger partial charge in [-0.25, -0.2) is 0 Å². The third kappa shape index (κ3) is 8.92. The fourth-order valence-corrected chi connectivity index (χ4v) is 0.829. The first-order valence-electron chi connectivity index (χ1n) is 4.72. The van der Waals surface area contributed by atoms with Crippen molar-refractivity contribution in [3.63, 3.8) is 0 Å². The fraction of sp³-hybridized carbons (Fsp3) is 0. The van der Waals surface area contributed by atoms with Crippen LogP contribution < -0.4 is 0 Å². The summed E-state index contributed by atoms with van der Waals surface area (Å²) in [5.41, 5.74) is 1.14. The van der Waals surface area contributed by atoms with Crippen LogP contribution in [-0.2, 0) is 0 Å². The van der Waals surface area contributed by atoms with E-state index in [-0.39, 0.29) is 0 Å². The van der Waals surface area contributed by atoms with Gasteiger partial charge in [-0.3, -0.25) is 0 Å². The van der Waals surface area contributed by atoms with Gasteiger partial charge in [-0.2, -0.15) is 22.8 Å². The molecule has 0 radical (unpaired) electrons. The van der Waals surface area contributed by atoms with Gasteiger partial charge in [0.2, 0.25) is 0 Å². The molecule has 5 heteroatoms. The molecular weight excluding hydrogens is 246 g/mol. The maximum Gasteiger partial charge on any atom is 0.334 e. The van der Waals surface area contributed by atoms with Crippen LogP contribution in [-0.4, -0.2) is 0 Å². The van der Waals surface area contributed by atoms with E-state index in [1.165, 1.54) is 6.08 Å². The third-order valence-corrected chi connectivity index (χ3v) is 1.51. The summed E-state index contributed by atoms with van der Waals surface area (Å²) < 4.78 is 41.1. The standard InChI is InChI=1S/C11H9N.C2F4/c12-10-6-2-5-9-11-7-3-1-4-8-11;3-1(4)2(5)6/h1-9H;. The topological polar surface area (TPSA) is 23.8 Å². The lowest BCUT2D eigenvalue weighted by Gasteiger charge is -1.87. The summed E-state index contributed by atoms with van der Waals surface area (Å²) in [5, 5.41) is 8.19. The Kier molecular flexibility index (Phi) is 8.56. The Labute approximate surface area is 102 Å². The Morgan fingerprint density at radius 3 is 1.94 bits per heavy atom. The van der Waals surface area contributed by atoms with Crippen LogP contribution in [0.15, 0.2) is 60.7 Å². The second-order valence-electron chi connectivity index (χ2n) is 2.78. The summed E-state index contributed by atoms with van der Waals surface area (Å²) in [5.74, 6) is 0. The first kappa shape index (κ1) is 15.7. The van der Waals surface area contributed by atoms with E-state index in [4.69, 9.17) is 5.26 Å². The molecule has 1 nitrogen and oxygen atoms in total. The zero-order valence-electron chi connectivity index (χ0n) is 9.16. The summed E-state index contributed by atoms with van der Waals surface area (Å²) in [6, 6.07) is 11.9. The van der Waals surface area contributed by atoms with Crippen LogP contribution in [0.25, 0.3) is 6.08 Å². The Hall–Kier alpha value is -2.35. The molecule has 0 spiro atoms. The van der Waals surface area contributed by atoms with Crippen molar-refractivity contribution >= 4 is 6.08 Å². The average Bonchev–Trinajstić information content (AvgIpc) is 2.36. The first-order chi connectivity index (χ1) is 8.57. The van der Waals surface area contributed by atoms with Crippen LogP contribution in [0.5, 0.6) is 0 Å². The van der Waals surface area contributed by atoms with Gasteiger partial charge in [-0.15, -0.1) is 0 Å². The predicted octanol–water partition coefficient (Wildman–Crippen LogP) is 4.77. The zero-order chi connectivity index (χ0) is 13.8. The van der Waals surface area contributed by atoms with Gasteiger partial charge in [0.05, 0.1) is 6.07 Å². The Bertz CT molecular complexity index is 452. The monoisotopic (exact) mass is 255 g/mol. The lowest BCUT2D eigenvalue weighted by molar-refractivity contribution is 0.308. The van der Waals surface area contributed by atoms with E-state index in [0.717, 1.165) is 5.56 Å². The number of hydrogen-bond donors (Lipinski definition) is 0. The maximum atomic E-state index is 10.3. The van der Waals surface area contributed by atoms with Gasteiger partial charge >= 0.3 is 12.2 Å². The number of nitrogens with zero attached hydrogens (tertiary/aromatic N) is 1. The Morgan fingerprint density at radius 2 is 1.50 bits per heavy atom. The molecule has 0 bridgehead atoms. The van der Waals surface area contributed by atoms with Gasteiger partial charge < -0.3 is 0 Å². The smallest absolute Gasteiger partial charge is 0.193 e. The lowest BCUT2D eigenvalue weighted by atomic mass is 10.2. The van der Waals surface area contributed by atoms with E-state index in [1.807, 2.05) is 48.6 Å². The normalized spacial score (nSPS) is 9.72. The molecule has 0 fully saturated rings. The van der Waals surface area contributed by atoms with Crippen molar-refractivity contribution in [1.29, 1.82) is 5.26 Å². The highest BCUT2D eigenvalue weighted by Gasteiger charge is 1.98. The van der Waals surface area contributed by atoms with Crippen molar-refractivity contribution in [2.45, 2.75) is 0 Å². The predicted molar refractivity (Wildman–Crippen MR) is 61.7 cm³/mol. The molecule has 0 atom stereocenters. The second kappa shape index (κ2) is 9.85. The first-order valence-corrected chi connectivity index (χ1v) is 4.72. The maximum absolute atomic E-state index is 10.3. The SMILES string of the molecule is FC(F)=C(F)F.N#CC=CC=Cc1ccccc1. The number of benzene rings is 1. The van der Waals surface area contributed by atoms with Crippen LogP contribution in [0, 0.1) is 11.3 Å². The quantitative estimate of drug-likeness (QED) is 0.424. The highest BCUT2D eigenvalue weighted by Crippen LogP contribution is 2.08. The van der Waals surface area contributed by atoms with E-state index in [9.17, 15) is 17.6 Å². The minimum absolute atomic E-state index is 1.14. The molecule has 0 saturated heterocycles. The van der Waals surface area contributed by atoms with E-state index in [0.29, 0.717) is 0 Å². The highest BCUT2D eigenvalue weighted by molar-refractivity contribution is 5.50. The minimum atomic E-state index is -2.91. The average molecular weight is 255 g/mol. The molecule has 1 aromatic rings. The third-order valence-electron chi connectivity index (χ3n) is 1.51. The van der Waals surface area contributed by atoms with E-state index in [1.54, 1.807) is 6.08 Å². The van der Waals surface area contributed by atoms with Gasteiger partial charge in [0, 0.05) is 6.08 Å². The molecule has 0 heterocycles. The van der Waals surface area contributed by atoms with Crippen molar-refractivity contribution in [1.82, 2.24) is 0 Å². The van der Waals surface area contributed by atoms with Crippen molar-refractivity contribution < 1.29 is 17.6 Å². The van der Waals surface area contributed by atoms with Crippen molar-refractivity contribution in [2.75, 3.05) is 0 Å². The van der Waals surface area contributed by atoms with E-state index in [2.05, 4.69) is 0 Å². The van der Waals surface area contributed by atoms with Crippen LogP contribution >= 0.6 is 0 Å². The molecule has 0 aromatic heterocycles. The molecule has 0 saturated carbocycles. The highest BCUT2D eigenvalue weighted by atomic mass is 19.3. The fourth-order valence-electron chi connectivity index (χ4n) is 0.829. The molecule has 0 amide bonds. The van der Waals surface area contributed by atoms with Crippen molar-refractivity contribution in [3.8, 4) is 6.07 Å². The molecule has 1 rings (SSSR count). The summed E-state index contributed by atoms with van der Waals surface area (Å²) in [6.45, 7) is 0. The Balaban J connectivity index is 0.000000411. The van der Waals surface area contributed by atoms with Crippen molar-refractivity contribution in [2.24, 2.45) is 0 Å². The summed E-state index contributed by atoms with van der Waals surface area (Å²) in [6.07, 6.45) is 1.14. The van der Waals surface area contributed by atoms with Gasteiger partial charge in [0.15, 0.2) is 0 Å². The summed E-state index contributed by atoms with van der Waals surface area (Å²) in [4.78, 5) is 0. The van der Waals surface area contributed by atoms with Crippen LogP contribution in [0.3, 0.4) is 0 Å². The van der Waals surface area contributed by atoms with Gasteiger partial charge in [0.1, 0.15) is 0 Å². The molecule has 0 N–H and O–H groups in total. The van der Waals surface area contributed by atoms with E-state index < -0.39 is 12.2 Å². The Morgan fingerprint density at radius 1 is 0.944 bits per heavy atom. The second-order valence-corrected chi connectivity index (χ2v) is 2.78. The molecule has 0 aliphatic carbocycles. The zero-order valence-corrected chi connectivity index (χ0v) is 9.16. The number of allylic oxidation sites excluding steroid dienone is 3. The molecule has 94 valence electrons.